The largest absolute Gasteiger partial charge is 0.378 e. The van der Waals surface area contributed by atoms with Gasteiger partial charge in [-0.15, -0.1) is 0 Å². The molecule has 2 N–H and O–H groups in total. The van der Waals surface area contributed by atoms with Crippen LogP contribution in [-0.4, -0.2) is 45.3 Å². The van der Waals surface area contributed by atoms with Gasteiger partial charge in [-0.25, -0.2) is 0 Å². The van der Waals surface area contributed by atoms with Gasteiger partial charge in [0.2, 0.25) is 5.91 Å². The van der Waals surface area contributed by atoms with Gasteiger partial charge in [-0.1, -0.05) is 12.1 Å². The third-order valence-corrected chi connectivity index (χ3v) is 3.54. The Balaban J connectivity index is 1.71. The van der Waals surface area contributed by atoms with Crippen molar-refractivity contribution in [1.29, 1.82) is 0 Å². The molecule has 2 rings (SSSR count). The molecule has 1 aromatic carbocycles. The zero-order valence-corrected chi connectivity index (χ0v) is 12.7. The highest BCUT2D eigenvalue weighted by molar-refractivity contribution is 5.75. The first-order valence-corrected chi connectivity index (χ1v) is 7.68. The number of rotatable bonds is 7. The van der Waals surface area contributed by atoms with E-state index in [1.165, 1.54) is 11.3 Å². The first-order chi connectivity index (χ1) is 10.3. The molecular weight excluding hydrogens is 266 g/mol. The molecule has 116 valence electrons. The molecule has 1 amide bonds. The van der Waals surface area contributed by atoms with Crippen molar-refractivity contribution in [1.82, 2.24) is 10.6 Å². The van der Waals surface area contributed by atoms with Crippen molar-refractivity contribution in [2.24, 2.45) is 0 Å². The molecule has 1 heterocycles. The number of hydrogen-bond acceptors (Lipinski definition) is 4. The van der Waals surface area contributed by atoms with E-state index in [-0.39, 0.29) is 5.91 Å². The molecule has 1 aliphatic rings. The van der Waals surface area contributed by atoms with Crippen LogP contribution >= 0.6 is 0 Å². The van der Waals surface area contributed by atoms with Crippen LogP contribution < -0.4 is 15.5 Å². The fourth-order valence-electron chi connectivity index (χ4n) is 2.37. The molecule has 0 unspecified atom stereocenters. The van der Waals surface area contributed by atoms with Gasteiger partial charge in [0.05, 0.1) is 13.2 Å². The van der Waals surface area contributed by atoms with Crippen molar-refractivity contribution >= 4 is 11.6 Å². The molecule has 1 saturated heterocycles. The van der Waals surface area contributed by atoms with Crippen LogP contribution in [0.4, 0.5) is 5.69 Å². The van der Waals surface area contributed by atoms with Crippen LogP contribution in [0.2, 0.25) is 0 Å². The van der Waals surface area contributed by atoms with E-state index in [2.05, 4.69) is 39.8 Å². The van der Waals surface area contributed by atoms with Gasteiger partial charge in [0, 0.05) is 44.8 Å². The summed E-state index contributed by atoms with van der Waals surface area (Å²) in [6, 6.07) is 8.60. The van der Waals surface area contributed by atoms with Crippen LogP contribution in [0.15, 0.2) is 24.3 Å². The van der Waals surface area contributed by atoms with Crippen molar-refractivity contribution in [3.63, 3.8) is 0 Å². The third-order valence-electron chi connectivity index (χ3n) is 3.54. The molecule has 0 aromatic heterocycles. The summed E-state index contributed by atoms with van der Waals surface area (Å²) in [7, 11) is 0. The lowest BCUT2D eigenvalue weighted by atomic mass is 10.2. The number of benzene rings is 1. The number of nitrogens with zero attached hydrogens (tertiary/aromatic N) is 1. The molecule has 5 nitrogen and oxygen atoms in total. The number of carbonyl (C=O) groups is 1. The van der Waals surface area contributed by atoms with Crippen LogP contribution in [-0.2, 0) is 16.1 Å². The fourth-order valence-corrected chi connectivity index (χ4v) is 2.37. The van der Waals surface area contributed by atoms with Gasteiger partial charge in [-0.2, -0.15) is 0 Å². The van der Waals surface area contributed by atoms with Crippen molar-refractivity contribution in [2.75, 3.05) is 44.3 Å². The molecular formula is C16H25N3O2. The van der Waals surface area contributed by atoms with E-state index >= 15 is 0 Å². The van der Waals surface area contributed by atoms with E-state index in [0.717, 1.165) is 32.8 Å². The minimum Gasteiger partial charge on any atom is -0.378 e. The molecule has 1 fully saturated rings. The fraction of sp³-hybridized carbons (Fsp3) is 0.562. The van der Waals surface area contributed by atoms with Crippen molar-refractivity contribution in [2.45, 2.75) is 19.9 Å². The zero-order valence-electron chi connectivity index (χ0n) is 12.7. The van der Waals surface area contributed by atoms with Crippen LogP contribution in [0.3, 0.4) is 0 Å². The maximum Gasteiger partial charge on any atom is 0.221 e. The summed E-state index contributed by atoms with van der Waals surface area (Å²) < 4.78 is 5.36. The molecule has 21 heavy (non-hydrogen) atoms. The quantitative estimate of drug-likeness (QED) is 0.740. The highest BCUT2D eigenvalue weighted by Crippen LogP contribution is 2.16. The van der Waals surface area contributed by atoms with Crippen LogP contribution in [0.25, 0.3) is 0 Å². The number of carbonyl (C=O) groups excluding carboxylic acids is 1. The molecule has 0 saturated carbocycles. The van der Waals surface area contributed by atoms with E-state index in [1.54, 1.807) is 0 Å². The molecule has 0 spiro atoms. The van der Waals surface area contributed by atoms with Gasteiger partial charge in [0.15, 0.2) is 0 Å². The maximum absolute atomic E-state index is 11.3. The number of nitrogens with one attached hydrogen (secondary N) is 2. The SMILES string of the molecule is CCNC(=O)CCNCc1ccc(N2CCOCC2)cc1. The second-order valence-corrected chi connectivity index (χ2v) is 5.15. The number of hydrogen-bond donors (Lipinski definition) is 2. The molecule has 0 atom stereocenters. The second kappa shape index (κ2) is 8.64. The van der Waals surface area contributed by atoms with E-state index in [9.17, 15) is 4.79 Å². The monoisotopic (exact) mass is 291 g/mol. The van der Waals surface area contributed by atoms with Crippen molar-refractivity contribution in [3.05, 3.63) is 29.8 Å². The number of ether oxygens (including phenoxy) is 1. The molecule has 5 heteroatoms. The summed E-state index contributed by atoms with van der Waals surface area (Å²) in [5.74, 6) is 0.104. The molecule has 1 aromatic rings. The summed E-state index contributed by atoms with van der Waals surface area (Å²) in [6.07, 6.45) is 0.527. The minimum atomic E-state index is 0.104. The number of amides is 1. The number of anilines is 1. The van der Waals surface area contributed by atoms with Crippen LogP contribution in [0, 0.1) is 0 Å². The topological polar surface area (TPSA) is 53.6 Å². The summed E-state index contributed by atoms with van der Waals surface area (Å²) in [5, 5.41) is 6.09. The Bertz CT molecular complexity index is 428. The average Bonchev–Trinajstić information content (AvgIpc) is 2.53. The Morgan fingerprint density at radius 2 is 1.95 bits per heavy atom. The van der Waals surface area contributed by atoms with Gasteiger partial charge >= 0.3 is 0 Å². The lowest BCUT2D eigenvalue weighted by molar-refractivity contribution is -0.120. The van der Waals surface area contributed by atoms with Gasteiger partial charge in [-0.05, 0) is 24.6 Å². The standard InChI is InChI=1S/C16H25N3O2/c1-2-18-16(20)7-8-17-13-14-3-5-15(6-4-14)19-9-11-21-12-10-19/h3-6,17H,2,7-13H2,1H3,(H,18,20). The summed E-state index contributed by atoms with van der Waals surface area (Å²) in [4.78, 5) is 13.7. The minimum absolute atomic E-state index is 0.104. The predicted octanol–water partition coefficient (Wildman–Crippen LogP) is 1.14. The lowest BCUT2D eigenvalue weighted by Crippen LogP contribution is -2.36. The normalized spacial score (nSPS) is 15.0. The Morgan fingerprint density at radius 1 is 1.24 bits per heavy atom. The molecule has 0 aliphatic carbocycles. The van der Waals surface area contributed by atoms with E-state index in [0.29, 0.717) is 19.5 Å². The smallest absolute Gasteiger partial charge is 0.221 e. The Labute approximate surface area is 126 Å². The Hall–Kier alpha value is -1.59. The second-order valence-electron chi connectivity index (χ2n) is 5.15. The molecule has 0 bridgehead atoms. The average molecular weight is 291 g/mol. The third kappa shape index (κ3) is 5.36. The van der Waals surface area contributed by atoms with Gasteiger partial charge in [-0.3, -0.25) is 4.79 Å². The first kappa shape index (κ1) is 15.8. The van der Waals surface area contributed by atoms with E-state index in [4.69, 9.17) is 4.74 Å². The predicted molar refractivity (Wildman–Crippen MR) is 84.5 cm³/mol. The van der Waals surface area contributed by atoms with Crippen molar-refractivity contribution in [3.8, 4) is 0 Å². The summed E-state index contributed by atoms with van der Waals surface area (Å²) in [6.45, 7) is 7.67. The highest BCUT2D eigenvalue weighted by atomic mass is 16.5. The van der Waals surface area contributed by atoms with Gasteiger partial charge < -0.3 is 20.3 Å². The van der Waals surface area contributed by atoms with E-state index in [1.807, 2.05) is 6.92 Å². The maximum atomic E-state index is 11.3. The van der Waals surface area contributed by atoms with Gasteiger partial charge in [0.1, 0.15) is 0 Å². The summed E-state index contributed by atoms with van der Waals surface area (Å²) in [5.41, 5.74) is 2.49. The zero-order chi connectivity index (χ0) is 14.9. The van der Waals surface area contributed by atoms with E-state index < -0.39 is 0 Å². The summed E-state index contributed by atoms with van der Waals surface area (Å²) >= 11 is 0. The highest BCUT2D eigenvalue weighted by Gasteiger charge is 2.10. The van der Waals surface area contributed by atoms with Crippen molar-refractivity contribution < 1.29 is 9.53 Å². The molecule has 1 aliphatic heterocycles. The lowest BCUT2D eigenvalue weighted by Gasteiger charge is -2.28. The van der Waals surface area contributed by atoms with Crippen LogP contribution in [0.1, 0.15) is 18.9 Å². The molecule has 0 radical (unpaired) electrons. The number of morpholine rings is 1. The van der Waals surface area contributed by atoms with Gasteiger partial charge in [0.25, 0.3) is 0 Å². The Kier molecular flexibility index (Phi) is 6.50. The Morgan fingerprint density at radius 3 is 2.62 bits per heavy atom. The first-order valence-electron chi connectivity index (χ1n) is 7.68. The van der Waals surface area contributed by atoms with Crippen LogP contribution in [0.5, 0.6) is 0 Å².